The highest BCUT2D eigenvalue weighted by atomic mass is 16.4. The number of carboxylic acids is 1. The topological polar surface area (TPSA) is 83.6 Å². The maximum atomic E-state index is 12.3. The van der Waals surface area contributed by atoms with Crippen LogP contribution in [-0.4, -0.2) is 30.1 Å². The number of hydrogen-bond acceptors (Lipinski definition) is 3. The van der Waals surface area contributed by atoms with Gasteiger partial charge in [-0.05, 0) is 56.0 Å². The average Bonchev–Trinajstić information content (AvgIpc) is 2.50. The van der Waals surface area contributed by atoms with Gasteiger partial charge in [-0.1, -0.05) is 6.42 Å². The summed E-state index contributed by atoms with van der Waals surface area (Å²) in [6, 6.07) is 5.02. The third kappa shape index (κ3) is 3.82. The van der Waals surface area contributed by atoms with Crippen LogP contribution in [0.4, 0.5) is 5.69 Å². The molecule has 2 rings (SSSR count). The van der Waals surface area contributed by atoms with Crippen LogP contribution in [0.15, 0.2) is 18.2 Å². The van der Waals surface area contributed by atoms with E-state index in [1.54, 1.807) is 23.1 Å². The predicted molar refractivity (Wildman–Crippen MR) is 81.6 cm³/mol. The van der Waals surface area contributed by atoms with Crippen LogP contribution in [0.1, 0.15) is 48.0 Å². The molecule has 3 N–H and O–H groups in total. The lowest BCUT2D eigenvalue weighted by molar-refractivity contribution is -0.118. The third-order valence-corrected chi connectivity index (χ3v) is 3.84. The van der Waals surface area contributed by atoms with Crippen molar-refractivity contribution in [3.05, 3.63) is 29.3 Å². The van der Waals surface area contributed by atoms with Crippen molar-refractivity contribution < 1.29 is 14.7 Å². The number of nitrogens with two attached hydrogens (primary N) is 1. The number of hydrogen-bond donors (Lipinski definition) is 2. The number of anilines is 1. The lowest BCUT2D eigenvalue weighted by Gasteiger charge is -2.29. The Morgan fingerprint density at radius 1 is 1.24 bits per heavy atom. The minimum absolute atomic E-state index is 0.121. The van der Waals surface area contributed by atoms with Crippen molar-refractivity contribution >= 4 is 17.6 Å². The quantitative estimate of drug-likeness (QED) is 0.787. The van der Waals surface area contributed by atoms with Gasteiger partial charge in [-0.3, -0.25) is 4.79 Å². The smallest absolute Gasteiger partial charge is 0.335 e. The zero-order valence-corrected chi connectivity index (χ0v) is 12.2. The van der Waals surface area contributed by atoms with Crippen LogP contribution in [-0.2, 0) is 11.2 Å². The fourth-order valence-corrected chi connectivity index (χ4v) is 2.72. The van der Waals surface area contributed by atoms with Crippen LogP contribution < -0.4 is 10.6 Å². The maximum absolute atomic E-state index is 12.3. The Balaban J connectivity index is 2.07. The van der Waals surface area contributed by atoms with Gasteiger partial charge in [0.25, 0.3) is 0 Å². The Hall–Kier alpha value is -1.88. The van der Waals surface area contributed by atoms with Crippen molar-refractivity contribution in [2.24, 2.45) is 5.73 Å². The number of benzene rings is 1. The van der Waals surface area contributed by atoms with Gasteiger partial charge in [0.05, 0.1) is 5.56 Å². The van der Waals surface area contributed by atoms with E-state index in [1.165, 1.54) is 0 Å². The molecule has 0 radical (unpaired) electrons. The van der Waals surface area contributed by atoms with Crippen molar-refractivity contribution in [3.63, 3.8) is 0 Å². The second-order valence-corrected chi connectivity index (χ2v) is 5.40. The molecule has 0 aromatic heterocycles. The summed E-state index contributed by atoms with van der Waals surface area (Å²) in [5, 5.41) is 9.04. The highest BCUT2D eigenvalue weighted by molar-refractivity contribution is 5.96. The van der Waals surface area contributed by atoms with E-state index in [4.69, 9.17) is 10.8 Å². The van der Waals surface area contributed by atoms with Gasteiger partial charge < -0.3 is 15.7 Å². The normalized spacial score (nSPS) is 13.9. The van der Waals surface area contributed by atoms with Gasteiger partial charge in [-0.15, -0.1) is 0 Å². The lowest BCUT2D eigenvalue weighted by atomic mass is 9.98. The summed E-state index contributed by atoms with van der Waals surface area (Å²) in [5.41, 5.74) is 7.56. The number of amides is 1. The number of carbonyl (C=O) groups is 2. The Kier molecular flexibility index (Phi) is 5.33. The molecule has 0 bridgehead atoms. The Morgan fingerprint density at radius 2 is 2.05 bits per heavy atom. The Bertz CT molecular complexity index is 528. The molecule has 0 fully saturated rings. The molecule has 1 aromatic rings. The summed E-state index contributed by atoms with van der Waals surface area (Å²) in [4.78, 5) is 25.1. The molecule has 0 atom stereocenters. The summed E-state index contributed by atoms with van der Waals surface area (Å²) in [5.74, 6) is -0.806. The highest BCUT2D eigenvalue weighted by Crippen LogP contribution is 2.29. The summed E-state index contributed by atoms with van der Waals surface area (Å²) >= 11 is 0. The molecular weight excluding hydrogens is 268 g/mol. The zero-order valence-electron chi connectivity index (χ0n) is 12.2. The average molecular weight is 290 g/mol. The van der Waals surface area contributed by atoms with Crippen LogP contribution in [0.3, 0.4) is 0 Å². The molecule has 5 nitrogen and oxygen atoms in total. The maximum Gasteiger partial charge on any atom is 0.335 e. The first-order valence-electron chi connectivity index (χ1n) is 7.50. The SMILES string of the molecule is NCCCCCC(=O)N1CCCc2cc(C(=O)O)ccc21. The Morgan fingerprint density at radius 3 is 2.76 bits per heavy atom. The molecule has 0 saturated carbocycles. The summed E-state index contributed by atoms with van der Waals surface area (Å²) in [6.07, 6.45) is 5.01. The minimum Gasteiger partial charge on any atom is -0.478 e. The van der Waals surface area contributed by atoms with Crippen LogP contribution in [0, 0.1) is 0 Å². The number of aryl methyl sites for hydroxylation is 1. The summed E-state index contributed by atoms with van der Waals surface area (Å²) in [6.45, 7) is 1.38. The fraction of sp³-hybridized carbons (Fsp3) is 0.500. The van der Waals surface area contributed by atoms with Crippen molar-refractivity contribution in [1.82, 2.24) is 0 Å². The van der Waals surface area contributed by atoms with Crippen molar-refractivity contribution in [2.45, 2.75) is 38.5 Å². The molecule has 114 valence electrons. The van der Waals surface area contributed by atoms with Gasteiger partial charge >= 0.3 is 5.97 Å². The monoisotopic (exact) mass is 290 g/mol. The predicted octanol–water partition coefficient (Wildman–Crippen LogP) is 2.18. The molecule has 0 saturated heterocycles. The molecule has 5 heteroatoms. The van der Waals surface area contributed by atoms with Crippen molar-refractivity contribution in [2.75, 3.05) is 18.0 Å². The number of rotatable bonds is 6. The van der Waals surface area contributed by atoms with Gasteiger partial charge in [0.15, 0.2) is 0 Å². The first-order chi connectivity index (χ1) is 10.1. The van der Waals surface area contributed by atoms with Gasteiger partial charge in [0, 0.05) is 18.7 Å². The van der Waals surface area contributed by atoms with Gasteiger partial charge in [0.2, 0.25) is 5.91 Å². The van der Waals surface area contributed by atoms with Crippen LogP contribution >= 0.6 is 0 Å². The first-order valence-corrected chi connectivity index (χ1v) is 7.50. The number of nitrogens with zero attached hydrogens (tertiary/aromatic N) is 1. The molecule has 1 aromatic carbocycles. The molecule has 1 heterocycles. The van der Waals surface area contributed by atoms with E-state index >= 15 is 0 Å². The first kappa shape index (κ1) is 15.5. The number of aromatic carboxylic acids is 1. The number of carboxylic acid groups (broad SMARTS) is 1. The Labute approximate surface area is 124 Å². The standard InChI is InChI=1S/C16H22N2O3/c17-9-3-1-2-6-15(19)18-10-4-5-12-11-13(16(20)21)7-8-14(12)18/h7-8,11H,1-6,9-10,17H2,(H,20,21). The van der Waals surface area contributed by atoms with Crippen LogP contribution in [0.2, 0.25) is 0 Å². The fourth-order valence-electron chi connectivity index (χ4n) is 2.72. The molecular formula is C16H22N2O3. The molecule has 0 aliphatic carbocycles. The van der Waals surface area contributed by atoms with Crippen LogP contribution in [0.5, 0.6) is 0 Å². The van der Waals surface area contributed by atoms with Crippen molar-refractivity contribution in [1.29, 1.82) is 0 Å². The van der Waals surface area contributed by atoms with E-state index < -0.39 is 5.97 Å². The number of fused-ring (bicyclic) bond motifs is 1. The van der Waals surface area contributed by atoms with E-state index in [9.17, 15) is 9.59 Å². The van der Waals surface area contributed by atoms with Gasteiger partial charge in [0.1, 0.15) is 0 Å². The third-order valence-electron chi connectivity index (χ3n) is 3.84. The lowest BCUT2D eigenvalue weighted by Crippen LogP contribution is -2.35. The minimum atomic E-state index is -0.928. The summed E-state index contributed by atoms with van der Waals surface area (Å²) in [7, 11) is 0. The van der Waals surface area contributed by atoms with E-state index in [0.717, 1.165) is 49.9 Å². The molecule has 21 heavy (non-hydrogen) atoms. The second-order valence-electron chi connectivity index (χ2n) is 5.40. The number of unbranched alkanes of at least 4 members (excludes halogenated alkanes) is 2. The van der Waals surface area contributed by atoms with E-state index in [2.05, 4.69) is 0 Å². The largest absolute Gasteiger partial charge is 0.478 e. The summed E-state index contributed by atoms with van der Waals surface area (Å²) < 4.78 is 0. The molecule has 0 spiro atoms. The van der Waals surface area contributed by atoms with E-state index in [0.29, 0.717) is 13.0 Å². The molecule has 1 aliphatic heterocycles. The zero-order chi connectivity index (χ0) is 15.2. The molecule has 1 aliphatic rings. The van der Waals surface area contributed by atoms with E-state index in [-0.39, 0.29) is 11.5 Å². The van der Waals surface area contributed by atoms with Crippen LogP contribution in [0.25, 0.3) is 0 Å². The van der Waals surface area contributed by atoms with E-state index in [1.807, 2.05) is 0 Å². The van der Waals surface area contributed by atoms with Gasteiger partial charge in [-0.2, -0.15) is 0 Å². The highest BCUT2D eigenvalue weighted by Gasteiger charge is 2.22. The molecule has 1 amide bonds. The molecule has 0 unspecified atom stereocenters. The number of carbonyl (C=O) groups excluding carboxylic acids is 1. The van der Waals surface area contributed by atoms with Crippen molar-refractivity contribution in [3.8, 4) is 0 Å². The van der Waals surface area contributed by atoms with Gasteiger partial charge in [-0.25, -0.2) is 4.79 Å². The second kappa shape index (κ2) is 7.22.